The van der Waals surface area contributed by atoms with Crippen LogP contribution in [0, 0.1) is 0 Å². The summed E-state index contributed by atoms with van der Waals surface area (Å²) in [7, 11) is 0. The maximum atomic E-state index is 13.6. The van der Waals surface area contributed by atoms with Gasteiger partial charge in [0.2, 0.25) is 59.1 Å². The zero-order valence-corrected chi connectivity index (χ0v) is 56.5. The maximum Gasteiger partial charge on any atom is 0.263 e. The Labute approximate surface area is 569 Å². The lowest BCUT2D eigenvalue weighted by Crippen LogP contribution is -2.54. The van der Waals surface area contributed by atoms with Crippen molar-refractivity contribution in [1.82, 2.24) is 58.2 Å². The van der Waals surface area contributed by atoms with E-state index < -0.39 is 103 Å². The number of hydrogen-bond acceptors (Lipinski definition) is 19. The molecule has 11 amide bonds. The maximum absolute atomic E-state index is 13.6. The Morgan fingerprint density at radius 2 is 0.802 bits per heavy atom. The first-order chi connectivity index (χ1) is 45.7. The number of pyridine rings is 1. The number of carbonyl (C=O) groups is 11. The second-order valence-corrected chi connectivity index (χ2v) is 24.1. The van der Waals surface area contributed by atoms with Gasteiger partial charge in [0.25, 0.3) is 5.91 Å². The second-order valence-electron chi connectivity index (χ2n) is 22.1. The van der Waals surface area contributed by atoms with Gasteiger partial charge in [0, 0.05) is 62.8 Å². The van der Waals surface area contributed by atoms with Gasteiger partial charge < -0.3 is 116 Å². The number of aromatic nitrogens is 1. The molecule has 96 heavy (non-hydrogen) atoms. The first kappa shape index (κ1) is 82.7. The van der Waals surface area contributed by atoms with Gasteiger partial charge in [-0.25, -0.2) is 0 Å². The van der Waals surface area contributed by atoms with Gasteiger partial charge in [0.05, 0.1) is 30.0 Å². The van der Waals surface area contributed by atoms with Gasteiger partial charge >= 0.3 is 0 Å². The summed E-state index contributed by atoms with van der Waals surface area (Å²) in [5.74, 6) is -7.74. The molecule has 5 unspecified atom stereocenters. The topological polar surface area (TPSA) is 657 Å². The second kappa shape index (κ2) is 47.5. The molecule has 0 aliphatic heterocycles. The summed E-state index contributed by atoms with van der Waals surface area (Å²) in [6, 6.07) is -3.74. The van der Waals surface area contributed by atoms with Crippen molar-refractivity contribution in [2.75, 3.05) is 71.2 Å². The minimum Gasteiger partial charge on any atom is -0.396 e. The van der Waals surface area contributed by atoms with Crippen molar-refractivity contribution in [1.29, 1.82) is 0 Å². The molecule has 0 aliphatic rings. The number of hydrogen-bond donors (Lipinski definition) is 21. The summed E-state index contributed by atoms with van der Waals surface area (Å²) in [6.45, 7) is -0.370. The molecule has 0 aromatic carbocycles. The van der Waals surface area contributed by atoms with Crippen LogP contribution in [-0.4, -0.2) is 189 Å². The normalized spacial score (nSPS) is 12.3. The Morgan fingerprint density at radius 3 is 1.22 bits per heavy atom. The summed E-state index contributed by atoms with van der Waals surface area (Å²) in [6.07, 6.45) is 7.95. The van der Waals surface area contributed by atoms with Gasteiger partial charge in [-0.15, -0.1) is 11.3 Å². The van der Waals surface area contributed by atoms with Crippen LogP contribution in [0.4, 0.5) is 5.69 Å². The molecule has 5 atom stereocenters. The molecule has 2 heterocycles. The van der Waals surface area contributed by atoms with Crippen LogP contribution in [0.1, 0.15) is 138 Å². The number of primary amides is 1. The van der Waals surface area contributed by atoms with E-state index in [0.717, 1.165) is 9.17 Å². The molecule has 0 saturated heterocycles. The van der Waals surface area contributed by atoms with Gasteiger partial charge in [-0.1, -0.05) is 12.8 Å². The van der Waals surface area contributed by atoms with Crippen molar-refractivity contribution in [3.63, 3.8) is 0 Å². The quantitative estimate of drug-likeness (QED) is 0.0167. The number of guanidine groups is 4. The highest BCUT2D eigenvalue weighted by atomic mass is 79.9. The van der Waals surface area contributed by atoms with Gasteiger partial charge in [-0.3, -0.25) is 77.7 Å². The SMILES string of the molecule is NCCCCC(NC(=O)CNC(=O)C(CCCN=C(N)N)NC(=O)CNC(=O)C(CCCN=C(N)N)NC(=O)CNC(=O)C(CCCCN=C(N)N)NC(=O)CCCCCNC(=O)C(CCCN=C(N)N)NC(=O)CCCCCNC(=O)c1sc2cc(Br)cnc2c1N)C(N)=O. The first-order valence-corrected chi connectivity index (χ1v) is 33.2. The fourth-order valence-electron chi connectivity index (χ4n) is 9.11. The van der Waals surface area contributed by atoms with Gasteiger partial charge in [0.1, 0.15) is 40.6 Å². The number of rotatable bonds is 50. The summed E-state index contributed by atoms with van der Waals surface area (Å²) < 4.78 is 1.55. The van der Waals surface area contributed by atoms with E-state index in [1.807, 2.05) is 6.07 Å². The Balaban J connectivity index is 1.99. The van der Waals surface area contributed by atoms with E-state index in [0.29, 0.717) is 99.8 Å². The number of anilines is 1. The lowest BCUT2D eigenvalue weighted by molar-refractivity contribution is -0.133. The number of halogens is 1. The predicted molar refractivity (Wildman–Crippen MR) is 369 cm³/mol. The summed E-state index contributed by atoms with van der Waals surface area (Å²) in [5, 5.41) is 26.0. The third kappa shape index (κ3) is 36.9. The number of nitrogens with one attached hydrogen (secondary N) is 10. The number of aliphatic imine (C=N–C) groups is 4. The molecule has 2 aromatic rings. The zero-order chi connectivity index (χ0) is 71.4. The van der Waals surface area contributed by atoms with Gasteiger partial charge in [0.15, 0.2) is 23.8 Å². The number of fused-ring (bicyclic) bond motifs is 1. The highest BCUT2D eigenvalue weighted by Gasteiger charge is 2.28. The van der Waals surface area contributed by atoms with Crippen molar-refractivity contribution in [3.8, 4) is 0 Å². The molecule has 536 valence electrons. The van der Waals surface area contributed by atoms with Crippen molar-refractivity contribution >= 4 is 132 Å². The summed E-state index contributed by atoms with van der Waals surface area (Å²) >= 11 is 4.62. The molecule has 0 aliphatic carbocycles. The molecular formula is C57H99BrN26O11S. The molecule has 0 saturated carbocycles. The van der Waals surface area contributed by atoms with E-state index in [9.17, 15) is 52.7 Å². The van der Waals surface area contributed by atoms with Crippen LogP contribution in [0.25, 0.3) is 10.2 Å². The number of amides is 11. The van der Waals surface area contributed by atoms with Crippen LogP contribution in [0.3, 0.4) is 0 Å². The average molecular weight is 1440 g/mol. The molecule has 37 nitrogen and oxygen atoms in total. The molecule has 2 aromatic heterocycles. The third-order valence-corrected chi connectivity index (χ3v) is 15.6. The molecule has 32 N–H and O–H groups in total. The molecule has 39 heteroatoms. The highest BCUT2D eigenvalue weighted by molar-refractivity contribution is 9.10. The lowest BCUT2D eigenvalue weighted by Gasteiger charge is -2.21. The molecule has 0 bridgehead atoms. The standard InChI is InChI=1S/C57H99BrN26O11S/c58-33-28-39-46(76-29-33)45(60)47(96-39)53(95)71-23-9-2-4-20-41(86)82-36(16-11-25-73-55(64)65)49(91)70-22-8-1-3-19-40(85)81-35(15-6-10-24-72-54(62)63)50(92)78-31-43(88)84-38(18-13-27-75-57(68)69)52(94)79-32-44(89)83-37(17-12-26-74-56(66)67)51(93)77-30-42(87)80-34(48(61)90)14-5-7-21-59/h28-29,34-38H,1-27,30-32,59-60H2,(H2,61,90)(H,70,91)(H,71,95)(H,77,93)(H,78,92)(H,79,94)(H,80,87)(H,81,85)(H,82,86)(H,83,89)(H,84,88)(H4,62,63,72)(H4,64,65,73)(H4,66,67,74)(H4,68,69,75). The van der Waals surface area contributed by atoms with Crippen LogP contribution in [0.15, 0.2) is 36.7 Å². The van der Waals surface area contributed by atoms with E-state index in [4.69, 9.17) is 63.1 Å². The van der Waals surface area contributed by atoms with Crippen LogP contribution in [0.2, 0.25) is 0 Å². The molecule has 0 spiro atoms. The highest BCUT2D eigenvalue weighted by Crippen LogP contribution is 2.33. The molecular weight excluding hydrogens is 1340 g/mol. The van der Waals surface area contributed by atoms with Crippen molar-refractivity contribution in [2.24, 2.45) is 77.3 Å². The Hall–Kier alpha value is -9.40. The minimum absolute atomic E-state index is 0.00407. The van der Waals surface area contributed by atoms with Crippen molar-refractivity contribution in [2.45, 2.75) is 159 Å². The van der Waals surface area contributed by atoms with E-state index in [1.54, 1.807) is 6.20 Å². The number of nitrogens with two attached hydrogens (primary N) is 11. The predicted octanol–water partition coefficient (Wildman–Crippen LogP) is -5.40. The third-order valence-electron chi connectivity index (χ3n) is 14.0. The van der Waals surface area contributed by atoms with E-state index >= 15 is 0 Å². The number of carbonyl (C=O) groups excluding carboxylic acids is 11. The Bertz CT molecular complexity index is 2990. The number of nitrogen functional groups attached to an aromatic ring is 1. The number of unbranched alkanes of at least 4 members (excludes halogenated alkanes) is 6. The van der Waals surface area contributed by atoms with Crippen molar-refractivity contribution in [3.05, 3.63) is 21.6 Å². The summed E-state index contributed by atoms with van der Waals surface area (Å²) in [5.41, 5.74) is 61.6. The summed E-state index contributed by atoms with van der Waals surface area (Å²) in [4.78, 5) is 165. The first-order valence-electron chi connectivity index (χ1n) is 31.6. The van der Waals surface area contributed by atoms with Crippen LogP contribution in [-0.2, 0) is 47.9 Å². The monoisotopic (exact) mass is 1430 g/mol. The smallest absolute Gasteiger partial charge is 0.263 e. The van der Waals surface area contributed by atoms with Crippen LogP contribution >= 0.6 is 27.3 Å². The van der Waals surface area contributed by atoms with Gasteiger partial charge in [-0.05, 0) is 131 Å². The van der Waals surface area contributed by atoms with Gasteiger partial charge in [-0.2, -0.15) is 0 Å². The van der Waals surface area contributed by atoms with E-state index in [2.05, 4.69) is 94.1 Å². The number of thiophene rings is 1. The van der Waals surface area contributed by atoms with Crippen molar-refractivity contribution < 1.29 is 52.7 Å². The van der Waals surface area contributed by atoms with Crippen LogP contribution in [0.5, 0.6) is 0 Å². The average Bonchev–Trinajstić information content (AvgIpc) is 1.66. The Morgan fingerprint density at radius 1 is 0.438 bits per heavy atom. The molecule has 0 fully saturated rings. The fraction of sp³-hybridized carbons (Fsp3) is 0.614. The van der Waals surface area contributed by atoms with Crippen LogP contribution < -0.4 is 116 Å². The Kier molecular flexibility index (Phi) is 40.9. The zero-order valence-electron chi connectivity index (χ0n) is 54.1. The lowest BCUT2D eigenvalue weighted by atomic mass is 10.1. The fourth-order valence-corrected chi connectivity index (χ4v) is 10.6. The van der Waals surface area contributed by atoms with E-state index in [1.165, 1.54) is 11.3 Å². The van der Waals surface area contributed by atoms with E-state index in [-0.39, 0.29) is 126 Å². The molecule has 0 radical (unpaired) electrons. The largest absolute Gasteiger partial charge is 0.396 e. The molecule has 2 rings (SSSR count). The number of nitrogens with zero attached hydrogens (tertiary/aromatic N) is 5. The minimum atomic E-state index is -1.30.